The highest BCUT2D eigenvalue weighted by Crippen LogP contribution is 2.27. The molecule has 1 atom stereocenters. The zero-order chi connectivity index (χ0) is 12.4. The van der Waals surface area contributed by atoms with Crippen LogP contribution < -0.4 is 5.32 Å². The summed E-state index contributed by atoms with van der Waals surface area (Å²) in [4.78, 5) is 4.22. The monoisotopic (exact) mass is 299 g/mol. The van der Waals surface area contributed by atoms with Crippen LogP contribution in [0.15, 0.2) is 27.2 Å². The van der Waals surface area contributed by atoms with Crippen molar-refractivity contribution in [2.75, 3.05) is 7.05 Å². The van der Waals surface area contributed by atoms with Crippen molar-refractivity contribution in [3.8, 4) is 11.4 Å². The van der Waals surface area contributed by atoms with Gasteiger partial charge in [-0.15, -0.1) is 0 Å². The maximum atomic E-state index is 13.1. The summed E-state index contributed by atoms with van der Waals surface area (Å²) in [6, 6.07) is 4.30. The summed E-state index contributed by atoms with van der Waals surface area (Å²) in [5.41, 5.74) is 0.573. The van der Waals surface area contributed by atoms with Gasteiger partial charge in [-0.1, -0.05) is 21.1 Å². The first kappa shape index (κ1) is 12.2. The molecule has 1 aromatic heterocycles. The lowest BCUT2D eigenvalue weighted by Crippen LogP contribution is -2.12. The lowest BCUT2D eigenvalue weighted by molar-refractivity contribution is 0.347. The Balaban J connectivity index is 2.40. The molecule has 17 heavy (non-hydrogen) atoms. The average Bonchev–Trinajstić information content (AvgIpc) is 2.80. The fraction of sp³-hybridized carbons (Fsp3) is 0.273. The zero-order valence-corrected chi connectivity index (χ0v) is 11.0. The minimum absolute atomic E-state index is 0.0383. The molecular formula is C11H11BrFN3O. The highest BCUT2D eigenvalue weighted by Gasteiger charge is 2.15. The third kappa shape index (κ3) is 2.53. The van der Waals surface area contributed by atoms with Crippen LogP contribution in [0.25, 0.3) is 11.4 Å². The molecule has 0 aliphatic carbocycles. The van der Waals surface area contributed by atoms with E-state index in [-0.39, 0.29) is 11.9 Å². The maximum absolute atomic E-state index is 13.1. The summed E-state index contributed by atoms with van der Waals surface area (Å²) in [7, 11) is 1.80. The van der Waals surface area contributed by atoms with E-state index in [1.807, 2.05) is 6.92 Å². The van der Waals surface area contributed by atoms with Gasteiger partial charge in [0.1, 0.15) is 5.82 Å². The van der Waals surface area contributed by atoms with E-state index in [4.69, 9.17) is 4.52 Å². The molecule has 0 fully saturated rings. The number of halogens is 2. The molecule has 0 aliphatic heterocycles. The molecule has 0 radical (unpaired) electrons. The Morgan fingerprint density at radius 1 is 1.47 bits per heavy atom. The van der Waals surface area contributed by atoms with Crippen LogP contribution in [0.5, 0.6) is 0 Å². The van der Waals surface area contributed by atoms with E-state index in [0.29, 0.717) is 17.3 Å². The number of hydrogen-bond donors (Lipinski definition) is 1. The van der Waals surface area contributed by atoms with Crippen molar-refractivity contribution in [1.29, 1.82) is 0 Å². The lowest BCUT2D eigenvalue weighted by Gasteiger charge is -2.01. The first-order valence-electron chi connectivity index (χ1n) is 5.08. The Morgan fingerprint density at radius 3 is 2.94 bits per heavy atom. The standard InChI is InChI=1S/C11H11BrFN3O/c1-6(14-2)11-15-10(16-17-11)8-5-7(13)3-4-9(8)12/h3-6,14H,1-2H3. The van der Waals surface area contributed by atoms with E-state index < -0.39 is 0 Å². The first-order valence-corrected chi connectivity index (χ1v) is 5.87. The fourth-order valence-corrected chi connectivity index (χ4v) is 1.74. The quantitative estimate of drug-likeness (QED) is 0.947. The molecule has 1 N–H and O–H groups in total. The summed E-state index contributed by atoms with van der Waals surface area (Å²) in [5.74, 6) is 0.503. The number of nitrogens with zero attached hydrogens (tertiary/aromatic N) is 2. The van der Waals surface area contributed by atoms with Crippen molar-refractivity contribution in [2.45, 2.75) is 13.0 Å². The second-order valence-electron chi connectivity index (χ2n) is 3.59. The fourth-order valence-electron chi connectivity index (χ4n) is 1.31. The predicted octanol–water partition coefficient (Wildman–Crippen LogP) is 2.92. The molecule has 0 saturated carbocycles. The zero-order valence-electron chi connectivity index (χ0n) is 9.37. The van der Waals surface area contributed by atoms with Crippen LogP contribution in [0.1, 0.15) is 18.9 Å². The van der Waals surface area contributed by atoms with Crippen LogP contribution in [0, 0.1) is 5.82 Å². The molecule has 2 rings (SSSR count). The van der Waals surface area contributed by atoms with Gasteiger partial charge in [-0.05, 0) is 32.2 Å². The van der Waals surface area contributed by atoms with E-state index in [1.54, 1.807) is 13.1 Å². The molecule has 4 nitrogen and oxygen atoms in total. The second-order valence-corrected chi connectivity index (χ2v) is 4.45. The number of aromatic nitrogens is 2. The molecule has 0 bridgehead atoms. The Bertz CT molecular complexity index is 529. The maximum Gasteiger partial charge on any atom is 0.243 e. The number of benzene rings is 1. The molecular weight excluding hydrogens is 289 g/mol. The summed E-state index contributed by atoms with van der Waals surface area (Å²) >= 11 is 3.33. The van der Waals surface area contributed by atoms with E-state index in [2.05, 4.69) is 31.4 Å². The number of hydrogen-bond acceptors (Lipinski definition) is 4. The predicted molar refractivity (Wildman–Crippen MR) is 64.9 cm³/mol. The Morgan fingerprint density at radius 2 is 2.24 bits per heavy atom. The van der Waals surface area contributed by atoms with Crippen LogP contribution >= 0.6 is 15.9 Å². The molecule has 90 valence electrons. The Kier molecular flexibility index (Phi) is 3.54. The molecule has 1 aromatic carbocycles. The van der Waals surface area contributed by atoms with E-state index in [9.17, 15) is 4.39 Å². The van der Waals surface area contributed by atoms with Gasteiger partial charge < -0.3 is 9.84 Å². The molecule has 2 aromatic rings. The smallest absolute Gasteiger partial charge is 0.243 e. The highest BCUT2D eigenvalue weighted by molar-refractivity contribution is 9.10. The largest absolute Gasteiger partial charge is 0.337 e. The van der Waals surface area contributed by atoms with E-state index in [0.717, 1.165) is 4.47 Å². The number of rotatable bonds is 3. The van der Waals surface area contributed by atoms with Gasteiger partial charge in [-0.3, -0.25) is 0 Å². The average molecular weight is 300 g/mol. The van der Waals surface area contributed by atoms with Gasteiger partial charge in [0.05, 0.1) is 6.04 Å². The molecule has 0 spiro atoms. The topological polar surface area (TPSA) is 51.0 Å². The van der Waals surface area contributed by atoms with Crippen LogP contribution in [0.4, 0.5) is 4.39 Å². The minimum Gasteiger partial charge on any atom is -0.337 e. The number of nitrogens with one attached hydrogen (secondary N) is 1. The third-order valence-electron chi connectivity index (χ3n) is 2.41. The van der Waals surface area contributed by atoms with Crippen molar-refractivity contribution in [2.24, 2.45) is 0 Å². The molecule has 1 heterocycles. The van der Waals surface area contributed by atoms with Crippen molar-refractivity contribution in [3.05, 3.63) is 34.4 Å². The molecule has 1 unspecified atom stereocenters. The van der Waals surface area contributed by atoms with Gasteiger partial charge in [0.15, 0.2) is 0 Å². The molecule has 0 saturated heterocycles. The third-order valence-corrected chi connectivity index (χ3v) is 3.11. The van der Waals surface area contributed by atoms with Crippen LogP contribution in [-0.4, -0.2) is 17.2 Å². The lowest BCUT2D eigenvalue weighted by atomic mass is 10.2. The van der Waals surface area contributed by atoms with Crippen molar-refractivity contribution in [1.82, 2.24) is 15.5 Å². The van der Waals surface area contributed by atoms with Crippen LogP contribution in [0.2, 0.25) is 0 Å². The summed E-state index contributed by atoms with van der Waals surface area (Å²) in [6.07, 6.45) is 0. The van der Waals surface area contributed by atoms with E-state index >= 15 is 0 Å². The molecule has 0 amide bonds. The Hall–Kier alpha value is -1.27. The normalized spacial score (nSPS) is 12.7. The van der Waals surface area contributed by atoms with Gasteiger partial charge in [-0.2, -0.15) is 4.98 Å². The first-order chi connectivity index (χ1) is 8.11. The van der Waals surface area contributed by atoms with E-state index in [1.165, 1.54) is 12.1 Å². The van der Waals surface area contributed by atoms with Crippen molar-refractivity contribution < 1.29 is 8.91 Å². The second kappa shape index (κ2) is 4.93. The summed E-state index contributed by atoms with van der Waals surface area (Å²) < 4.78 is 19.0. The SMILES string of the molecule is CNC(C)c1nc(-c2cc(F)ccc2Br)no1. The Labute approximate surface area is 106 Å². The molecule has 0 aliphatic rings. The van der Waals surface area contributed by atoms with Crippen molar-refractivity contribution in [3.63, 3.8) is 0 Å². The van der Waals surface area contributed by atoms with Crippen LogP contribution in [0.3, 0.4) is 0 Å². The minimum atomic E-state index is -0.337. The van der Waals surface area contributed by atoms with Gasteiger partial charge in [0.2, 0.25) is 11.7 Å². The highest BCUT2D eigenvalue weighted by atomic mass is 79.9. The van der Waals surface area contributed by atoms with Gasteiger partial charge >= 0.3 is 0 Å². The van der Waals surface area contributed by atoms with Gasteiger partial charge in [0, 0.05) is 10.0 Å². The van der Waals surface area contributed by atoms with Gasteiger partial charge in [0.25, 0.3) is 0 Å². The molecule has 6 heteroatoms. The summed E-state index contributed by atoms with van der Waals surface area (Å²) in [6.45, 7) is 1.90. The summed E-state index contributed by atoms with van der Waals surface area (Å²) in [5, 5.41) is 6.82. The van der Waals surface area contributed by atoms with Crippen LogP contribution in [-0.2, 0) is 0 Å². The van der Waals surface area contributed by atoms with Crippen molar-refractivity contribution >= 4 is 15.9 Å². The van der Waals surface area contributed by atoms with Gasteiger partial charge in [-0.25, -0.2) is 4.39 Å².